The first-order chi connectivity index (χ1) is 9.31. The van der Waals surface area contributed by atoms with Gasteiger partial charge in [0.05, 0.1) is 0 Å². The van der Waals surface area contributed by atoms with E-state index in [4.69, 9.17) is 10.9 Å². The van der Waals surface area contributed by atoms with Crippen molar-refractivity contribution in [1.82, 2.24) is 5.32 Å². The van der Waals surface area contributed by atoms with Gasteiger partial charge in [0.15, 0.2) is 5.84 Å². The van der Waals surface area contributed by atoms with Crippen molar-refractivity contribution in [2.75, 3.05) is 0 Å². The van der Waals surface area contributed by atoms with Crippen LogP contribution in [0.25, 0.3) is 0 Å². The third kappa shape index (κ3) is 3.96. The third-order valence-electron chi connectivity index (χ3n) is 3.84. The zero-order chi connectivity index (χ0) is 13.5. The SMILES string of the molecule is NC(=NO)c1ccccc1CNC1CCCCCC1. The van der Waals surface area contributed by atoms with Gasteiger partial charge in [-0.05, 0) is 18.4 Å². The second kappa shape index (κ2) is 7.14. The van der Waals surface area contributed by atoms with Crippen molar-refractivity contribution < 1.29 is 5.21 Å². The van der Waals surface area contributed by atoms with E-state index in [1.807, 2.05) is 24.3 Å². The molecule has 1 aliphatic carbocycles. The number of nitrogens with one attached hydrogen (secondary N) is 1. The zero-order valence-electron chi connectivity index (χ0n) is 11.3. The molecule has 0 atom stereocenters. The number of rotatable bonds is 4. The van der Waals surface area contributed by atoms with Crippen LogP contribution in [0.5, 0.6) is 0 Å². The van der Waals surface area contributed by atoms with Crippen molar-refractivity contribution in [3.05, 3.63) is 35.4 Å². The number of nitrogens with zero attached hydrogens (tertiary/aromatic N) is 1. The molecule has 1 fully saturated rings. The summed E-state index contributed by atoms with van der Waals surface area (Å²) in [7, 11) is 0. The third-order valence-corrected chi connectivity index (χ3v) is 3.84. The van der Waals surface area contributed by atoms with E-state index in [-0.39, 0.29) is 5.84 Å². The molecule has 4 nitrogen and oxygen atoms in total. The molecule has 4 N–H and O–H groups in total. The van der Waals surface area contributed by atoms with Crippen LogP contribution >= 0.6 is 0 Å². The predicted molar refractivity (Wildman–Crippen MR) is 77.3 cm³/mol. The average Bonchev–Trinajstić information content (AvgIpc) is 2.73. The molecule has 0 spiro atoms. The maximum Gasteiger partial charge on any atom is 0.170 e. The lowest BCUT2D eigenvalue weighted by Crippen LogP contribution is -2.29. The van der Waals surface area contributed by atoms with Crippen LogP contribution in [0.15, 0.2) is 29.4 Å². The summed E-state index contributed by atoms with van der Waals surface area (Å²) in [6, 6.07) is 8.40. The minimum atomic E-state index is 0.179. The molecule has 0 heterocycles. The molecule has 1 aromatic rings. The van der Waals surface area contributed by atoms with Crippen molar-refractivity contribution in [3.8, 4) is 0 Å². The van der Waals surface area contributed by atoms with Gasteiger partial charge in [0.25, 0.3) is 0 Å². The van der Waals surface area contributed by atoms with Crippen molar-refractivity contribution in [2.45, 2.75) is 51.1 Å². The fraction of sp³-hybridized carbons (Fsp3) is 0.533. The quantitative estimate of drug-likeness (QED) is 0.256. The topological polar surface area (TPSA) is 70.6 Å². The van der Waals surface area contributed by atoms with E-state index in [1.165, 1.54) is 38.5 Å². The van der Waals surface area contributed by atoms with Gasteiger partial charge in [0, 0.05) is 18.2 Å². The minimum Gasteiger partial charge on any atom is -0.409 e. The highest BCUT2D eigenvalue weighted by molar-refractivity contribution is 5.98. The van der Waals surface area contributed by atoms with Gasteiger partial charge in [0.1, 0.15) is 0 Å². The Bertz CT molecular complexity index is 423. The molecule has 1 saturated carbocycles. The molecule has 0 aromatic heterocycles. The summed E-state index contributed by atoms with van der Waals surface area (Å²) in [5.74, 6) is 0.179. The number of benzene rings is 1. The number of hydrogen-bond donors (Lipinski definition) is 3. The molecule has 0 bridgehead atoms. The van der Waals surface area contributed by atoms with Crippen LogP contribution in [-0.2, 0) is 6.54 Å². The Morgan fingerprint density at radius 2 is 1.89 bits per heavy atom. The van der Waals surface area contributed by atoms with Gasteiger partial charge in [-0.25, -0.2) is 0 Å². The molecule has 0 amide bonds. The van der Waals surface area contributed by atoms with Crippen molar-refractivity contribution >= 4 is 5.84 Å². The van der Waals surface area contributed by atoms with Gasteiger partial charge >= 0.3 is 0 Å². The summed E-state index contributed by atoms with van der Waals surface area (Å²) in [5.41, 5.74) is 7.60. The molecule has 0 saturated heterocycles. The lowest BCUT2D eigenvalue weighted by atomic mass is 10.0. The fourth-order valence-corrected chi connectivity index (χ4v) is 2.72. The van der Waals surface area contributed by atoms with Crippen LogP contribution in [0.1, 0.15) is 49.7 Å². The first-order valence-corrected chi connectivity index (χ1v) is 7.10. The first kappa shape index (κ1) is 13.9. The largest absolute Gasteiger partial charge is 0.409 e. The molecule has 1 aliphatic rings. The highest BCUT2D eigenvalue weighted by Gasteiger charge is 2.13. The molecule has 19 heavy (non-hydrogen) atoms. The van der Waals surface area contributed by atoms with E-state index in [0.717, 1.165) is 17.7 Å². The Labute approximate surface area is 114 Å². The molecule has 0 radical (unpaired) electrons. The van der Waals surface area contributed by atoms with Gasteiger partial charge in [-0.15, -0.1) is 0 Å². The van der Waals surface area contributed by atoms with Crippen LogP contribution in [-0.4, -0.2) is 17.1 Å². The van der Waals surface area contributed by atoms with E-state index < -0.39 is 0 Å². The number of oxime groups is 1. The maximum absolute atomic E-state index is 8.81. The van der Waals surface area contributed by atoms with Gasteiger partial charge < -0.3 is 16.3 Å². The van der Waals surface area contributed by atoms with E-state index in [0.29, 0.717) is 6.04 Å². The fourth-order valence-electron chi connectivity index (χ4n) is 2.72. The van der Waals surface area contributed by atoms with Gasteiger partial charge in [0.2, 0.25) is 0 Å². The molecule has 0 unspecified atom stereocenters. The molecular weight excluding hydrogens is 238 g/mol. The summed E-state index contributed by atoms with van der Waals surface area (Å²) < 4.78 is 0. The van der Waals surface area contributed by atoms with Crippen LogP contribution in [0.2, 0.25) is 0 Å². The van der Waals surface area contributed by atoms with Crippen molar-refractivity contribution in [3.63, 3.8) is 0 Å². The summed E-state index contributed by atoms with van der Waals surface area (Å²) in [6.07, 6.45) is 7.87. The first-order valence-electron chi connectivity index (χ1n) is 7.10. The Kier molecular flexibility index (Phi) is 5.21. The van der Waals surface area contributed by atoms with Crippen molar-refractivity contribution in [1.29, 1.82) is 0 Å². The second-order valence-corrected chi connectivity index (χ2v) is 5.21. The van der Waals surface area contributed by atoms with Crippen LogP contribution in [0.4, 0.5) is 0 Å². The van der Waals surface area contributed by atoms with Crippen LogP contribution < -0.4 is 11.1 Å². The monoisotopic (exact) mass is 261 g/mol. The van der Waals surface area contributed by atoms with E-state index >= 15 is 0 Å². The van der Waals surface area contributed by atoms with E-state index in [2.05, 4.69) is 10.5 Å². The second-order valence-electron chi connectivity index (χ2n) is 5.21. The average molecular weight is 261 g/mol. The Morgan fingerprint density at radius 1 is 1.21 bits per heavy atom. The highest BCUT2D eigenvalue weighted by atomic mass is 16.4. The smallest absolute Gasteiger partial charge is 0.170 e. The lowest BCUT2D eigenvalue weighted by Gasteiger charge is -2.17. The number of hydrogen-bond acceptors (Lipinski definition) is 3. The predicted octanol–water partition coefficient (Wildman–Crippen LogP) is 2.59. The van der Waals surface area contributed by atoms with E-state index in [9.17, 15) is 0 Å². The summed E-state index contributed by atoms with van der Waals surface area (Å²) in [5, 5.41) is 15.5. The van der Waals surface area contributed by atoms with Gasteiger partial charge in [-0.1, -0.05) is 55.1 Å². The molecule has 4 heteroatoms. The molecule has 1 aromatic carbocycles. The highest BCUT2D eigenvalue weighted by Crippen LogP contribution is 2.18. The number of amidine groups is 1. The summed E-state index contributed by atoms with van der Waals surface area (Å²) >= 11 is 0. The molecule has 104 valence electrons. The van der Waals surface area contributed by atoms with Crippen LogP contribution in [0.3, 0.4) is 0 Å². The summed E-state index contributed by atoms with van der Waals surface area (Å²) in [6.45, 7) is 0.775. The van der Waals surface area contributed by atoms with Crippen molar-refractivity contribution in [2.24, 2.45) is 10.9 Å². The van der Waals surface area contributed by atoms with Gasteiger partial charge in [-0.3, -0.25) is 0 Å². The van der Waals surface area contributed by atoms with Gasteiger partial charge in [-0.2, -0.15) is 0 Å². The lowest BCUT2D eigenvalue weighted by molar-refractivity contribution is 0.318. The summed E-state index contributed by atoms with van der Waals surface area (Å²) in [4.78, 5) is 0. The normalized spacial score (nSPS) is 18.2. The zero-order valence-corrected chi connectivity index (χ0v) is 11.3. The molecule has 0 aliphatic heterocycles. The standard InChI is InChI=1S/C15H23N3O/c16-15(18-19)14-10-6-5-7-12(14)11-17-13-8-3-1-2-4-9-13/h5-7,10,13,17,19H,1-4,8-9,11H2,(H2,16,18). The maximum atomic E-state index is 8.81. The van der Waals surface area contributed by atoms with E-state index in [1.54, 1.807) is 0 Å². The number of nitrogens with two attached hydrogens (primary N) is 1. The Hall–Kier alpha value is -1.55. The molecule has 2 rings (SSSR count). The van der Waals surface area contributed by atoms with Crippen LogP contribution in [0, 0.1) is 0 Å². The Balaban J connectivity index is 1.98. The Morgan fingerprint density at radius 3 is 2.58 bits per heavy atom. The molecular formula is C15H23N3O. The minimum absolute atomic E-state index is 0.179.